The van der Waals surface area contributed by atoms with Gasteiger partial charge >= 0.3 is 7.82 Å². The second-order valence-corrected chi connectivity index (χ2v) is 7.19. The number of phosphoric ester groups is 1. The van der Waals surface area contributed by atoms with Crippen LogP contribution in [0.25, 0.3) is 5.52 Å². The first-order valence-electron chi connectivity index (χ1n) is 7.21. The van der Waals surface area contributed by atoms with Crippen molar-refractivity contribution in [2.24, 2.45) is 5.92 Å². The molecule has 0 amide bonds. The van der Waals surface area contributed by atoms with Crippen molar-refractivity contribution in [2.75, 3.05) is 12.3 Å². The predicted molar refractivity (Wildman–Crippen MR) is 79.4 cm³/mol. The highest BCUT2D eigenvalue weighted by molar-refractivity contribution is 7.47. The van der Waals surface area contributed by atoms with Crippen LogP contribution in [0.15, 0.2) is 18.5 Å². The van der Waals surface area contributed by atoms with Crippen LogP contribution in [0.5, 0.6) is 0 Å². The third kappa shape index (κ3) is 2.00. The van der Waals surface area contributed by atoms with Crippen LogP contribution < -0.4 is 5.73 Å². The minimum Gasteiger partial charge on any atom is -0.382 e. The van der Waals surface area contributed by atoms with E-state index in [-0.39, 0.29) is 12.4 Å². The van der Waals surface area contributed by atoms with E-state index in [1.165, 1.54) is 10.8 Å². The summed E-state index contributed by atoms with van der Waals surface area (Å²) < 4.78 is 29.1. The molecule has 2 aliphatic rings. The van der Waals surface area contributed by atoms with E-state index in [0.717, 1.165) is 0 Å². The fourth-order valence-corrected chi connectivity index (χ4v) is 4.34. The highest BCUT2D eigenvalue weighted by Gasteiger charge is 2.60. The van der Waals surface area contributed by atoms with Gasteiger partial charge in [-0.25, -0.2) is 14.1 Å². The van der Waals surface area contributed by atoms with Crippen molar-refractivity contribution < 1.29 is 23.2 Å². The molecule has 0 aromatic carbocycles. The summed E-state index contributed by atoms with van der Waals surface area (Å²) >= 11 is 0. The number of hydrogen-bond acceptors (Lipinski definition) is 8. The van der Waals surface area contributed by atoms with Gasteiger partial charge in [0, 0.05) is 5.92 Å². The highest BCUT2D eigenvalue weighted by Crippen LogP contribution is 2.56. The number of nitrogens with zero attached hydrogens (tertiary/aromatic N) is 4. The van der Waals surface area contributed by atoms with Gasteiger partial charge in [-0.1, -0.05) is 6.92 Å². The van der Waals surface area contributed by atoms with Crippen LogP contribution in [0.3, 0.4) is 0 Å². The fraction of sp³-hybridized carbons (Fsp3) is 0.462. The Morgan fingerprint density at radius 2 is 2.38 bits per heavy atom. The maximum Gasteiger partial charge on any atom is 0.472 e. The Morgan fingerprint density at radius 1 is 1.58 bits per heavy atom. The van der Waals surface area contributed by atoms with Gasteiger partial charge in [0.1, 0.15) is 30.1 Å². The molecule has 2 aromatic heterocycles. The molecular formula is C13H14N5O5P. The Labute approximate surface area is 136 Å². The van der Waals surface area contributed by atoms with E-state index in [1.807, 2.05) is 0 Å². The molecule has 3 N–H and O–H groups in total. The Balaban J connectivity index is 1.84. The largest absolute Gasteiger partial charge is 0.472 e. The van der Waals surface area contributed by atoms with Gasteiger partial charge in [0.05, 0.1) is 12.3 Å². The molecule has 4 heterocycles. The Bertz CT molecular complexity index is 910. The highest BCUT2D eigenvalue weighted by atomic mass is 31.2. The standard InChI is InChI=1S/C13H14N5O5P/c1-7-11-9(4-21-24(19,20)23-11)22-13(7,5-14)10-3-2-8-12(15)16-6-17-18(8)10/h2-3,6-7,9,11H,4H2,1H3,(H,19,20)(H2,15,16,17)/t7-,9+,11-,13+/m0/s1. The lowest BCUT2D eigenvalue weighted by molar-refractivity contribution is -0.0729. The zero-order valence-electron chi connectivity index (χ0n) is 12.6. The van der Waals surface area contributed by atoms with Crippen LogP contribution in [-0.4, -0.2) is 38.3 Å². The van der Waals surface area contributed by atoms with E-state index in [9.17, 15) is 14.7 Å². The molecule has 2 saturated heterocycles. The molecule has 0 spiro atoms. The zero-order chi connectivity index (χ0) is 17.1. The van der Waals surface area contributed by atoms with Crippen molar-refractivity contribution >= 4 is 19.2 Å². The molecule has 24 heavy (non-hydrogen) atoms. The Hall–Kier alpha value is -2.02. The average molecular weight is 351 g/mol. The summed E-state index contributed by atoms with van der Waals surface area (Å²) in [7, 11) is -4.14. The number of rotatable bonds is 1. The molecule has 0 aliphatic carbocycles. The van der Waals surface area contributed by atoms with Crippen LogP contribution in [-0.2, 0) is 24.0 Å². The second kappa shape index (κ2) is 4.99. The van der Waals surface area contributed by atoms with E-state index in [4.69, 9.17) is 19.5 Å². The molecule has 126 valence electrons. The minimum absolute atomic E-state index is 0.132. The normalized spacial score (nSPS) is 38.8. The molecule has 4 rings (SSSR count). The number of nitrogens with two attached hydrogens (primary N) is 1. The van der Waals surface area contributed by atoms with Gasteiger partial charge < -0.3 is 15.4 Å². The second-order valence-electron chi connectivity index (χ2n) is 5.79. The molecule has 10 nitrogen and oxygen atoms in total. The summed E-state index contributed by atoms with van der Waals surface area (Å²) in [4.78, 5) is 13.5. The van der Waals surface area contributed by atoms with Crippen molar-refractivity contribution in [3.8, 4) is 6.07 Å². The fourth-order valence-electron chi connectivity index (χ4n) is 3.32. The molecule has 11 heteroatoms. The van der Waals surface area contributed by atoms with Crippen molar-refractivity contribution in [2.45, 2.75) is 24.7 Å². The lowest BCUT2D eigenvalue weighted by atomic mass is 9.85. The first-order chi connectivity index (χ1) is 11.4. The zero-order valence-corrected chi connectivity index (χ0v) is 13.5. The number of phosphoric acid groups is 1. The first-order valence-corrected chi connectivity index (χ1v) is 8.71. The lowest BCUT2D eigenvalue weighted by Crippen LogP contribution is -2.36. The molecule has 2 aromatic rings. The number of anilines is 1. The van der Waals surface area contributed by atoms with Gasteiger partial charge in [0.15, 0.2) is 5.82 Å². The predicted octanol–water partition coefficient (Wildman–Crippen LogP) is 0.581. The first kappa shape index (κ1) is 15.5. The summed E-state index contributed by atoms with van der Waals surface area (Å²) in [6.45, 7) is 1.59. The maximum atomic E-state index is 11.7. The Kier molecular flexibility index (Phi) is 3.22. The van der Waals surface area contributed by atoms with Crippen molar-refractivity contribution in [1.29, 1.82) is 5.26 Å². The number of fused-ring (bicyclic) bond motifs is 2. The SMILES string of the molecule is C[C@H]1[C@@H]2OP(=O)(O)OC[C@H]2O[C@@]1(C#N)c1ccc2c(N)ncnn12. The molecule has 2 aliphatic heterocycles. The molecule has 2 fully saturated rings. The quantitative estimate of drug-likeness (QED) is 0.704. The van der Waals surface area contributed by atoms with Crippen molar-refractivity contribution in [1.82, 2.24) is 14.6 Å². The molecular weight excluding hydrogens is 337 g/mol. The number of nitrogen functional groups attached to an aromatic ring is 1. The van der Waals surface area contributed by atoms with Gasteiger partial charge in [-0.05, 0) is 12.1 Å². The van der Waals surface area contributed by atoms with Crippen LogP contribution in [0.1, 0.15) is 12.6 Å². The van der Waals surface area contributed by atoms with Crippen LogP contribution in [0, 0.1) is 17.2 Å². The third-order valence-electron chi connectivity index (χ3n) is 4.52. The lowest BCUT2D eigenvalue weighted by Gasteiger charge is -2.28. The summed E-state index contributed by atoms with van der Waals surface area (Å²) in [5.74, 6) is -0.266. The monoisotopic (exact) mass is 351 g/mol. The van der Waals surface area contributed by atoms with E-state index in [2.05, 4.69) is 16.2 Å². The topological polar surface area (TPSA) is 145 Å². The smallest absolute Gasteiger partial charge is 0.382 e. The molecule has 0 saturated carbocycles. The van der Waals surface area contributed by atoms with E-state index >= 15 is 0 Å². The van der Waals surface area contributed by atoms with E-state index in [0.29, 0.717) is 11.2 Å². The minimum atomic E-state index is -4.14. The summed E-state index contributed by atoms with van der Waals surface area (Å²) in [6, 6.07) is 5.54. The average Bonchev–Trinajstić information content (AvgIpc) is 3.09. The molecule has 0 radical (unpaired) electrons. The third-order valence-corrected chi connectivity index (χ3v) is 5.51. The number of nitriles is 1. The van der Waals surface area contributed by atoms with Gasteiger partial charge in [-0.3, -0.25) is 9.05 Å². The van der Waals surface area contributed by atoms with Crippen molar-refractivity contribution in [3.05, 3.63) is 24.2 Å². The number of ether oxygens (including phenoxy) is 1. The van der Waals surface area contributed by atoms with Crippen LogP contribution in [0.2, 0.25) is 0 Å². The van der Waals surface area contributed by atoms with Crippen LogP contribution >= 0.6 is 7.82 Å². The Morgan fingerprint density at radius 3 is 3.12 bits per heavy atom. The van der Waals surface area contributed by atoms with Gasteiger partial charge in [-0.15, -0.1) is 0 Å². The van der Waals surface area contributed by atoms with Crippen LogP contribution in [0.4, 0.5) is 5.82 Å². The number of hydrogen-bond donors (Lipinski definition) is 2. The van der Waals surface area contributed by atoms with Crippen molar-refractivity contribution in [3.63, 3.8) is 0 Å². The van der Waals surface area contributed by atoms with Gasteiger partial charge in [-0.2, -0.15) is 10.4 Å². The molecule has 1 unspecified atom stereocenters. The summed E-state index contributed by atoms with van der Waals surface area (Å²) in [5, 5.41) is 14.0. The summed E-state index contributed by atoms with van der Waals surface area (Å²) in [6.07, 6.45) is -0.108. The van der Waals surface area contributed by atoms with E-state index < -0.39 is 31.5 Å². The van der Waals surface area contributed by atoms with E-state index in [1.54, 1.807) is 19.1 Å². The van der Waals surface area contributed by atoms with Gasteiger partial charge in [0.25, 0.3) is 0 Å². The molecule has 0 bridgehead atoms. The summed E-state index contributed by atoms with van der Waals surface area (Å²) in [5.41, 5.74) is 5.40. The number of aromatic nitrogens is 3. The van der Waals surface area contributed by atoms with Gasteiger partial charge in [0.2, 0.25) is 5.60 Å². The maximum absolute atomic E-state index is 11.7. The molecule has 5 atom stereocenters.